The molecular weight excluding hydrogens is 162 g/mol. The molecule has 0 aliphatic heterocycles. The number of carbonyl (C=O) groups excluding carboxylic acids is 1. The molecule has 0 amide bonds. The maximum Gasteiger partial charge on any atom is 0.126 e. The van der Waals surface area contributed by atoms with Crippen LogP contribution >= 0.6 is 0 Å². The van der Waals surface area contributed by atoms with Crippen LogP contribution in [0.2, 0.25) is 0 Å². The van der Waals surface area contributed by atoms with E-state index in [0.29, 0.717) is 0 Å². The Kier molecular flexibility index (Phi) is 1.91. The Balaban J connectivity index is 2.14. The highest BCUT2D eigenvalue weighted by molar-refractivity contribution is 5.64. The van der Waals surface area contributed by atoms with Crippen molar-refractivity contribution >= 4 is 6.29 Å². The number of rotatable bonds is 3. The molecule has 1 fully saturated rings. The van der Waals surface area contributed by atoms with E-state index in [-0.39, 0.29) is 5.41 Å². The topological polar surface area (TPSA) is 30.0 Å². The number of pyridine rings is 1. The number of aldehydes is 1. The summed E-state index contributed by atoms with van der Waals surface area (Å²) in [6.07, 6.45) is 7.76. The van der Waals surface area contributed by atoms with E-state index >= 15 is 0 Å². The molecule has 0 aromatic carbocycles. The first-order valence-electron chi connectivity index (χ1n) is 4.61. The van der Waals surface area contributed by atoms with Crippen LogP contribution in [0, 0.1) is 12.3 Å². The van der Waals surface area contributed by atoms with Gasteiger partial charge in [0.2, 0.25) is 0 Å². The summed E-state index contributed by atoms with van der Waals surface area (Å²) in [5, 5.41) is 0. The van der Waals surface area contributed by atoms with E-state index < -0.39 is 0 Å². The van der Waals surface area contributed by atoms with Gasteiger partial charge in [0.05, 0.1) is 0 Å². The molecular formula is C11H13NO. The summed E-state index contributed by atoms with van der Waals surface area (Å²) < 4.78 is 0. The third-order valence-corrected chi connectivity index (χ3v) is 2.63. The van der Waals surface area contributed by atoms with Gasteiger partial charge >= 0.3 is 0 Å². The lowest BCUT2D eigenvalue weighted by molar-refractivity contribution is -0.112. The number of carbonyl (C=O) groups is 1. The van der Waals surface area contributed by atoms with Gasteiger partial charge in [-0.1, -0.05) is 6.07 Å². The predicted molar refractivity (Wildman–Crippen MR) is 50.4 cm³/mol. The molecule has 2 rings (SSSR count). The molecule has 13 heavy (non-hydrogen) atoms. The van der Waals surface area contributed by atoms with Crippen LogP contribution in [0.15, 0.2) is 18.5 Å². The molecule has 1 aliphatic carbocycles. The molecule has 1 saturated carbocycles. The van der Waals surface area contributed by atoms with Crippen LogP contribution in [-0.2, 0) is 11.2 Å². The molecule has 0 bridgehead atoms. The molecule has 1 aliphatic rings. The second-order valence-corrected chi connectivity index (χ2v) is 4.03. The SMILES string of the molecule is Cc1cncc(CC2(C=O)CC2)c1. The van der Waals surface area contributed by atoms with Crippen LogP contribution in [0.4, 0.5) is 0 Å². The lowest BCUT2D eigenvalue weighted by atomic mass is 9.99. The summed E-state index contributed by atoms with van der Waals surface area (Å²) in [7, 11) is 0. The molecule has 2 heteroatoms. The lowest BCUT2D eigenvalue weighted by Gasteiger charge is -2.06. The molecule has 68 valence electrons. The summed E-state index contributed by atoms with van der Waals surface area (Å²) in [5.41, 5.74) is 2.32. The maximum absolute atomic E-state index is 10.8. The standard InChI is InChI=1S/C11H13NO/c1-9-4-10(7-12-6-9)5-11(8-13)2-3-11/h4,6-8H,2-3,5H2,1H3. The van der Waals surface area contributed by atoms with E-state index in [1.165, 1.54) is 11.1 Å². The molecule has 0 N–H and O–H groups in total. The second kappa shape index (κ2) is 2.95. The third-order valence-electron chi connectivity index (χ3n) is 2.63. The average Bonchev–Trinajstić information content (AvgIpc) is 2.86. The van der Waals surface area contributed by atoms with E-state index in [2.05, 4.69) is 11.1 Å². The van der Waals surface area contributed by atoms with Crippen LogP contribution in [0.3, 0.4) is 0 Å². The van der Waals surface area contributed by atoms with Gasteiger partial charge in [-0.15, -0.1) is 0 Å². The minimum Gasteiger partial charge on any atom is -0.303 e. The number of hydrogen-bond donors (Lipinski definition) is 0. The van der Waals surface area contributed by atoms with Gasteiger partial charge in [-0.3, -0.25) is 4.98 Å². The molecule has 1 heterocycles. The molecule has 0 spiro atoms. The predicted octanol–water partition coefficient (Wildman–Crippen LogP) is 1.91. The van der Waals surface area contributed by atoms with Gasteiger partial charge in [0, 0.05) is 17.8 Å². The Morgan fingerprint density at radius 3 is 2.85 bits per heavy atom. The fraction of sp³-hybridized carbons (Fsp3) is 0.455. The number of hydrogen-bond acceptors (Lipinski definition) is 2. The third kappa shape index (κ3) is 1.77. The largest absolute Gasteiger partial charge is 0.303 e. The van der Waals surface area contributed by atoms with Gasteiger partial charge in [-0.2, -0.15) is 0 Å². The Morgan fingerprint density at radius 1 is 1.54 bits per heavy atom. The molecule has 1 aromatic heterocycles. The summed E-state index contributed by atoms with van der Waals surface area (Å²) in [6, 6.07) is 2.11. The zero-order chi connectivity index (χ0) is 9.31. The van der Waals surface area contributed by atoms with Crippen molar-refractivity contribution in [1.29, 1.82) is 0 Å². The number of aromatic nitrogens is 1. The zero-order valence-corrected chi connectivity index (χ0v) is 7.79. The van der Waals surface area contributed by atoms with Crippen molar-refractivity contribution in [2.75, 3.05) is 0 Å². The lowest BCUT2D eigenvalue weighted by Crippen LogP contribution is -2.06. The summed E-state index contributed by atoms with van der Waals surface area (Å²) in [4.78, 5) is 14.9. The highest BCUT2D eigenvalue weighted by Gasteiger charge is 2.42. The van der Waals surface area contributed by atoms with Crippen molar-refractivity contribution in [2.45, 2.75) is 26.2 Å². The highest BCUT2D eigenvalue weighted by Crippen LogP contribution is 2.46. The first kappa shape index (κ1) is 8.42. The van der Waals surface area contributed by atoms with Crippen molar-refractivity contribution < 1.29 is 4.79 Å². The van der Waals surface area contributed by atoms with Gasteiger partial charge < -0.3 is 4.79 Å². The van der Waals surface area contributed by atoms with Crippen molar-refractivity contribution in [3.05, 3.63) is 29.6 Å². The minimum absolute atomic E-state index is 0.0323. The molecule has 0 saturated heterocycles. The van der Waals surface area contributed by atoms with E-state index in [4.69, 9.17) is 0 Å². The van der Waals surface area contributed by atoms with Gasteiger partial charge in [0.15, 0.2) is 0 Å². The first-order valence-corrected chi connectivity index (χ1v) is 4.61. The summed E-state index contributed by atoms with van der Waals surface area (Å²) in [6.45, 7) is 2.02. The van der Waals surface area contributed by atoms with Crippen molar-refractivity contribution in [3.8, 4) is 0 Å². The average molecular weight is 175 g/mol. The van der Waals surface area contributed by atoms with Crippen molar-refractivity contribution in [2.24, 2.45) is 5.41 Å². The molecule has 0 atom stereocenters. The van der Waals surface area contributed by atoms with Crippen molar-refractivity contribution in [1.82, 2.24) is 4.98 Å². The molecule has 1 aromatic rings. The Hall–Kier alpha value is -1.18. The van der Waals surface area contributed by atoms with E-state index in [1.807, 2.05) is 19.3 Å². The number of nitrogens with zero attached hydrogens (tertiary/aromatic N) is 1. The van der Waals surface area contributed by atoms with Crippen LogP contribution in [-0.4, -0.2) is 11.3 Å². The Labute approximate surface area is 78.0 Å². The van der Waals surface area contributed by atoms with E-state index in [1.54, 1.807) is 0 Å². The van der Waals surface area contributed by atoms with Crippen LogP contribution in [0.25, 0.3) is 0 Å². The molecule has 2 nitrogen and oxygen atoms in total. The normalized spacial score (nSPS) is 18.2. The monoisotopic (exact) mass is 175 g/mol. The smallest absolute Gasteiger partial charge is 0.126 e. The van der Waals surface area contributed by atoms with Crippen LogP contribution in [0.5, 0.6) is 0 Å². The van der Waals surface area contributed by atoms with Gasteiger partial charge in [-0.25, -0.2) is 0 Å². The summed E-state index contributed by atoms with van der Waals surface area (Å²) >= 11 is 0. The Bertz CT molecular complexity index is 329. The quantitative estimate of drug-likeness (QED) is 0.657. The first-order chi connectivity index (χ1) is 6.24. The van der Waals surface area contributed by atoms with Crippen LogP contribution in [0.1, 0.15) is 24.0 Å². The summed E-state index contributed by atoms with van der Waals surface area (Å²) in [5.74, 6) is 0. The second-order valence-electron chi connectivity index (χ2n) is 4.03. The fourth-order valence-electron chi connectivity index (χ4n) is 1.62. The fourth-order valence-corrected chi connectivity index (χ4v) is 1.62. The van der Waals surface area contributed by atoms with Gasteiger partial charge in [0.1, 0.15) is 6.29 Å². The molecule has 0 unspecified atom stereocenters. The maximum atomic E-state index is 10.8. The zero-order valence-electron chi connectivity index (χ0n) is 7.79. The number of aryl methyl sites for hydroxylation is 1. The van der Waals surface area contributed by atoms with E-state index in [9.17, 15) is 4.79 Å². The van der Waals surface area contributed by atoms with Gasteiger partial charge in [0.25, 0.3) is 0 Å². The van der Waals surface area contributed by atoms with Crippen molar-refractivity contribution in [3.63, 3.8) is 0 Å². The van der Waals surface area contributed by atoms with Gasteiger partial charge in [-0.05, 0) is 37.3 Å². The Morgan fingerprint density at radius 2 is 2.31 bits per heavy atom. The molecule has 0 radical (unpaired) electrons. The highest BCUT2D eigenvalue weighted by atomic mass is 16.1. The minimum atomic E-state index is -0.0323. The van der Waals surface area contributed by atoms with E-state index in [0.717, 1.165) is 25.5 Å². The van der Waals surface area contributed by atoms with Crippen LogP contribution < -0.4 is 0 Å².